The van der Waals surface area contributed by atoms with E-state index in [1.807, 2.05) is 51.1 Å². The van der Waals surface area contributed by atoms with Crippen molar-refractivity contribution in [2.45, 2.75) is 52.0 Å². The molecular formula is C22H30N4O4. The number of benzene rings is 1. The summed E-state index contributed by atoms with van der Waals surface area (Å²) in [4.78, 5) is 29.4. The Bertz CT molecular complexity index is 817. The molecule has 0 N–H and O–H groups in total. The Kier molecular flexibility index (Phi) is 7.10. The van der Waals surface area contributed by atoms with Crippen LogP contribution in [0.2, 0.25) is 0 Å². The summed E-state index contributed by atoms with van der Waals surface area (Å²) < 4.78 is 13.0. The molecule has 1 unspecified atom stereocenters. The van der Waals surface area contributed by atoms with Crippen LogP contribution in [0.25, 0.3) is 0 Å². The monoisotopic (exact) mass is 414 g/mol. The molecule has 1 aromatic carbocycles. The van der Waals surface area contributed by atoms with Crippen LogP contribution < -0.4 is 0 Å². The summed E-state index contributed by atoms with van der Waals surface area (Å²) in [6.45, 7) is 7.25. The molecule has 1 atom stereocenters. The maximum atomic E-state index is 13.3. The molecule has 8 nitrogen and oxygen atoms in total. The van der Waals surface area contributed by atoms with Crippen LogP contribution in [-0.2, 0) is 27.4 Å². The van der Waals surface area contributed by atoms with E-state index < -0.39 is 17.7 Å². The van der Waals surface area contributed by atoms with Gasteiger partial charge in [-0.3, -0.25) is 14.4 Å². The van der Waals surface area contributed by atoms with Gasteiger partial charge in [0.25, 0.3) is 0 Å². The lowest BCUT2D eigenvalue weighted by Crippen LogP contribution is -2.52. The zero-order chi connectivity index (χ0) is 21.6. The molecule has 0 spiro atoms. The van der Waals surface area contributed by atoms with E-state index in [9.17, 15) is 9.59 Å². The second kappa shape index (κ2) is 9.75. The van der Waals surface area contributed by atoms with Crippen LogP contribution in [0, 0.1) is 0 Å². The van der Waals surface area contributed by atoms with Crippen LogP contribution in [0.1, 0.15) is 32.8 Å². The number of ether oxygens (including phenoxy) is 2. The van der Waals surface area contributed by atoms with E-state index in [4.69, 9.17) is 9.47 Å². The highest BCUT2D eigenvalue weighted by Gasteiger charge is 2.37. The molecule has 162 valence electrons. The maximum Gasteiger partial charge on any atom is 0.411 e. The maximum absolute atomic E-state index is 13.3. The molecule has 0 saturated carbocycles. The Morgan fingerprint density at radius 3 is 2.60 bits per heavy atom. The largest absolute Gasteiger partial charge is 0.444 e. The van der Waals surface area contributed by atoms with Crippen molar-refractivity contribution in [3.05, 3.63) is 54.4 Å². The molecule has 1 fully saturated rings. The molecule has 1 saturated heterocycles. The van der Waals surface area contributed by atoms with Crippen molar-refractivity contribution in [1.82, 2.24) is 19.6 Å². The third-order valence-electron chi connectivity index (χ3n) is 4.71. The van der Waals surface area contributed by atoms with Gasteiger partial charge in [0, 0.05) is 25.5 Å². The zero-order valence-corrected chi connectivity index (χ0v) is 17.9. The molecular weight excluding hydrogens is 384 g/mol. The average Bonchev–Trinajstić information content (AvgIpc) is 3.15. The van der Waals surface area contributed by atoms with Gasteiger partial charge in [-0.05, 0) is 38.8 Å². The Hall–Kier alpha value is -2.87. The highest BCUT2D eigenvalue weighted by Crippen LogP contribution is 2.18. The summed E-state index contributed by atoms with van der Waals surface area (Å²) >= 11 is 0. The minimum absolute atomic E-state index is 0.165. The zero-order valence-electron chi connectivity index (χ0n) is 17.9. The molecule has 0 bridgehead atoms. The number of hydrogen-bond donors (Lipinski definition) is 0. The van der Waals surface area contributed by atoms with Crippen molar-refractivity contribution < 1.29 is 19.1 Å². The quantitative estimate of drug-likeness (QED) is 0.726. The van der Waals surface area contributed by atoms with Crippen molar-refractivity contribution in [2.75, 3.05) is 19.8 Å². The third-order valence-corrected chi connectivity index (χ3v) is 4.71. The highest BCUT2D eigenvalue weighted by atomic mass is 16.6. The minimum Gasteiger partial charge on any atom is -0.444 e. The lowest BCUT2D eigenvalue weighted by atomic mass is 10.2. The second-order valence-electron chi connectivity index (χ2n) is 8.34. The van der Waals surface area contributed by atoms with Crippen LogP contribution in [0.15, 0.2) is 48.8 Å². The number of carbonyl (C=O) groups is 2. The molecule has 1 aliphatic rings. The number of rotatable bonds is 6. The fraction of sp³-hybridized carbons (Fsp3) is 0.500. The van der Waals surface area contributed by atoms with E-state index in [2.05, 4.69) is 5.10 Å². The van der Waals surface area contributed by atoms with Crippen molar-refractivity contribution in [3.63, 3.8) is 0 Å². The first-order valence-corrected chi connectivity index (χ1v) is 10.2. The molecule has 2 heterocycles. The Labute approximate surface area is 177 Å². The molecule has 3 rings (SSSR count). The van der Waals surface area contributed by atoms with Gasteiger partial charge in [0.2, 0.25) is 5.91 Å². The average molecular weight is 415 g/mol. The number of nitrogens with zero attached hydrogens (tertiary/aromatic N) is 4. The third kappa shape index (κ3) is 6.06. The van der Waals surface area contributed by atoms with Gasteiger partial charge < -0.3 is 14.4 Å². The normalized spacial score (nSPS) is 17.7. The molecule has 0 aliphatic carbocycles. The Morgan fingerprint density at radius 2 is 1.93 bits per heavy atom. The van der Waals surface area contributed by atoms with Crippen molar-refractivity contribution in [1.29, 1.82) is 0 Å². The summed E-state index contributed by atoms with van der Waals surface area (Å²) in [7, 11) is 0. The fourth-order valence-electron chi connectivity index (χ4n) is 3.32. The molecule has 1 aliphatic heterocycles. The van der Waals surface area contributed by atoms with E-state index in [0.717, 1.165) is 5.56 Å². The van der Waals surface area contributed by atoms with Crippen LogP contribution in [0.5, 0.6) is 0 Å². The number of aromatic nitrogens is 2. The minimum atomic E-state index is -0.706. The van der Waals surface area contributed by atoms with Crippen LogP contribution >= 0.6 is 0 Å². The van der Waals surface area contributed by atoms with Crippen LogP contribution in [-0.4, -0.2) is 63.0 Å². The summed E-state index contributed by atoms with van der Waals surface area (Å²) in [5.41, 5.74) is 0.407. The smallest absolute Gasteiger partial charge is 0.411 e. The van der Waals surface area contributed by atoms with Gasteiger partial charge in [-0.25, -0.2) is 4.79 Å². The van der Waals surface area contributed by atoms with Gasteiger partial charge in [0.1, 0.15) is 18.4 Å². The van der Waals surface area contributed by atoms with E-state index in [1.165, 1.54) is 4.90 Å². The predicted molar refractivity (Wildman–Crippen MR) is 111 cm³/mol. The Morgan fingerprint density at radius 1 is 1.17 bits per heavy atom. The summed E-state index contributed by atoms with van der Waals surface area (Å²) in [6.07, 6.45) is 3.59. The topological polar surface area (TPSA) is 76.9 Å². The van der Waals surface area contributed by atoms with Gasteiger partial charge >= 0.3 is 6.09 Å². The number of hydrogen-bond acceptors (Lipinski definition) is 5. The van der Waals surface area contributed by atoms with Crippen molar-refractivity contribution >= 4 is 12.0 Å². The summed E-state index contributed by atoms with van der Waals surface area (Å²) in [5, 5.41) is 4.21. The molecule has 30 heavy (non-hydrogen) atoms. The number of carbonyl (C=O) groups excluding carboxylic acids is 2. The predicted octanol–water partition coefficient (Wildman–Crippen LogP) is 2.90. The van der Waals surface area contributed by atoms with Crippen molar-refractivity contribution in [2.24, 2.45) is 0 Å². The van der Waals surface area contributed by atoms with Gasteiger partial charge in [-0.15, -0.1) is 0 Å². The highest BCUT2D eigenvalue weighted by molar-refractivity contribution is 5.86. The SMILES string of the molecule is CC(C)(C)OC(=O)N1CCCN(COCc2ccccc2)C(=O)C1Cn1cccn1. The van der Waals surface area contributed by atoms with Crippen LogP contribution in [0.3, 0.4) is 0 Å². The van der Waals surface area contributed by atoms with Gasteiger partial charge in [0.05, 0.1) is 13.2 Å². The molecule has 2 aromatic rings. The first kappa shape index (κ1) is 21.8. The van der Waals surface area contributed by atoms with Gasteiger partial charge in [-0.2, -0.15) is 5.10 Å². The fourth-order valence-corrected chi connectivity index (χ4v) is 3.32. The van der Waals surface area contributed by atoms with E-state index >= 15 is 0 Å². The first-order valence-electron chi connectivity index (χ1n) is 10.2. The summed E-state index contributed by atoms with van der Waals surface area (Å²) in [5.74, 6) is -0.165. The lowest BCUT2D eigenvalue weighted by Gasteiger charge is -2.32. The molecule has 1 aromatic heterocycles. The van der Waals surface area contributed by atoms with E-state index in [-0.39, 0.29) is 19.2 Å². The molecule has 8 heteroatoms. The van der Waals surface area contributed by atoms with Gasteiger partial charge in [-0.1, -0.05) is 30.3 Å². The second-order valence-corrected chi connectivity index (χ2v) is 8.34. The van der Waals surface area contributed by atoms with Crippen molar-refractivity contribution in [3.8, 4) is 0 Å². The Balaban J connectivity index is 1.71. The van der Waals surface area contributed by atoms with E-state index in [1.54, 1.807) is 28.0 Å². The summed E-state index contributed by atoms with van der Waals surface area (Å²) in [6, 6.07) is 10.9. The first-order chi connectivity index (χ1) is 14.3. The van der Waals surface area contributed by atoms with Crippen LogP contribution in [0.4, 0.5) is 4.79 Å². The molecule has 2 amide bonds. The standard InChI is InChI=1S/C22H30N4O4/c1-22(2,3)30-21(28)26-14-8-12-24(17-29-16-18-9-5-4-6-10-18)20(27)19(26)15-25-13-7-11-23-25/h4-7,9-11,13,19H,8,12,14-17H2,1-3H3. The molecule has 0 radical (unpaired) electrons. The lowest BCUT2D eigenvalue weighted by molar-refractivity contribution is -0.141. The van der Waals surface area contributed by atoms with Gasteiger partial charge in [0.15, 0.2) is 0 Å². The van der Waals surface area contributed by atoms with E-state index in [0.29, 0.717) is 26.1 Å². The number of amides is 2.